The minimum Gasteiger partial charge on any atom is -0.454 e. The summed E-state index contributed by atoms with van der Waals surface area (Å²) in [5.74, 6) is 2.61. The van der Waals surface area contributed by atoms with E-state index in [9.17, 15) is 0 Å². The monoisotopic (exact) mass is 271 g/mol. The fourth-order valence-corrected chi connectivity index (χ4v) is 3.00. The lowest BCUT2D eigenvalue weighted by Gasteiger charge is -2.32. The van der Waals surface area contributed by atoms with Crippen LogP contribution < -0.4 is 20.1 Å². The van der Waals surface area contributed by atoms with E-state index in [4.69, 9.17) is 15.2 Å². The van der Waals surface area contributed by atoms with Gasteiger partial charge in [0.05, 0.1) is 0 Å². The van der Waals surface area contributed by atoms with Gasteiger partial charge in [0.15, 0.2) is 11.5 Å². The Balaban J connectivity index is 1.82. The Morgan fingerprint density at radius 2 is 2.10 bits per heavy atom. The van der Waals surface area contributed by atoms with Gasteiger partial charge in [-0.25, -0.2) is 4.98 Å². The van der Waals surface area contributed by atoms with Crippen LogP contribution in [-0.4, -0.2) is 30.9 Å². The number of piperidine rings is 1. The highest BCUT2D eigenvalue weighted by Gasteiger charge is 2.21. The maximum atomic E-state index is 6.08. The number of benzene rings is 1. The molecule has 0 unspecified atom stereocenters. The third-order valence-electron chi connectivity index (χ3n) is 3.99. The maximum absolute atomic E-state index is 6.08. The van der Waals surface area contributed by atoms with Crippen molar-refractivity contribution in [1.82, 2.24) is 4.98 Å². The van der Waals surface area contributed by atoms with Crippen molar-refractivity contribution in [2.24, 2.45) is 5.73 Å². The average molecular weight is 271 g/mol. The van der Waals surface area contributed by atoms with E-state index >= 15 is 0 Å². The van der Waals surface area contributed by atoms with Crippen molar-refractivity contribution in [3.05, 3.63) is 24.4 Å². The molecule has 20 heavy (non-hydrogen) atoms. The second-order valence-electron chi connectivity index (χ2n) is 5.41. The van der Waals surface area contributed by atoms with E-state index in [1.54, 1.807) is 0 Å². The van der Waals surface area contributed by atoms with Crippen LogP contribution in [0.4, 0.5) is 5.82 Å². The van der Waals surface area contributed by atoms with Crippen molar-refractivity contribution in [3.8, 4) is 11.5 Å². The molecule has 2 N–H and O–H groups in total. The molecule has 0 radical (unpaired) electrons. The lowest BCUT2D eigenvalue weighted by Crippen LogP contribution is -2.43. The van der Waals surface area contributed by atoms with Gasteiger partial charge in [-0.3, -0.25) is 0 Å². The summed E-state index contributed by atoms with van der Waals surface area (Å²) in [4.78, 5) is 6.84. The third-order valence-corrected chi connectivity index (χ3v) is 3.99. The number of rotatable bonds is 1. The lowest BCUT2D eigenvalue weighted by molar-refractivity contribution is 0.174. The van der Waals surface area contributed by atoms with Gasteiger partial charge in [-0.15, -0.1) is 0 Å². The van der Waals surface area contributed by atoms with Gasteiger partial charge in [-0.2, -0.15) is 0 Å². The number of hydrogen-bond acceptors (Lipinski definition) is 5. The zero-order chi connectivity index (χ0) is 13.5. The Morgan fingerprint density at radius 1 is 1.25 bits per heavy atom. The SMILES string of the molecule is N[C@@H]1CCCN(c2nccc3cc4c(cc23)OCO4)C1. The minimum atomic E-state index is 0.231. The first-order valence-corrected chi connectivity index (χ1v) is 7.00. The zero-order valence-corrected chi connectivity index (χ0v) is 11.2. The highest BCUT2D eigenvalue weighted by atomic mass is 16.7. The van der Waals surface area contributed by atoms with Gasteiger partial charge in [0, 0.05) is 30.7 Å². The van der Waals surface area contributed by atoms with E-state index in [0.29, 0.717) is 6.79 Å². The van der Waals surface area contributed by atoms with Crippen molar-refractivity contribution in [3.63, 3.8) is 0 Å². The average Bonchev–Trinajstić information content (AvgIpc) is 2.91. The quantitative estimate of drug-likeness (QED) is 0.858. The first-order valence-electron chi connectivity index (χ1n) is 7.00. The van der Waals surface area contributed by atoms with E-state index in [0.717, 1.165) is 54.0 Å². The summed E-state index contributed by atoms with van der Waals surface area (Å²) in [5.41, 5.74) is 6.08. The Bertz CT molecular complexity index is 659. The normalized spacial score (nSPS) is 21.4. The predicted molar refractivity (Wildman–Crippen MR) is 77.3 cm³/mol. The molecule has 5 heteroatoms. The van der Waals surface area contributed by atoms with E-state index < -0.39 is 0 Å². The molecule has 2 aliphatic rings. The van der Waals surface area contributed by atoms with Gasteiger partial charge in [0.1, 0.15) is 5.82 Å². The molecule has 2 aromatic rings. The number of anilines is 1. The molecule has 5 nitrogen and oxygen atoms in total. The smallest absolute Gasteiger partial charge is 0.231 e. The molecule has 0 bridgehead atoms. The summed E-state index contributed by atoms with van der Waals surface area (Å²) in [6, 6.07) is 6.28. The summed E-state index contributed by atoms with van der Waals surface area (Å²) >= 11 is 0. The van der Waals surface area contributed by atoms with Crippen LogP contribution in [0.2, 0.25) is 0 Å². The minimum absolute atomic E-state index is 0.231. The largest absolute Gasteiger partial charge is 0.454 e. The zero-order valence-electron chi connectivity index (χ0n) is 11.2. The molecule has 2 aliphatic heterocycles. The van der Waals surface area contributed by atoms with Crippen LogP contribution in [0.25, 0.3) is 10.8 Å². The Morgan fingerprint density at radius 3 is 2.95 bits per heavy atom. The van der Waals surface area contributed by atoms with E-state index in [-0.39, 0.29) is 6.04 Å². The van der Waals surface area contributed by atoms with Crippen LogP contribution in [0.3, 0.4) is 0 Å². The Hall–Kier alpha value is -2.01. The topological polar surface area (TPSA) is 60.6 Å². The van der Waals surface area contributed by atoms with Crippen LogP contribution in [0.5, 0.6) is 11.5 Å². The Kier molecular flexibility index (Phi) is 2.67. The molecule has 1 saturated heterocycles. The molecule has 1 aromatic carbocycles. The summed E-state index contributed by atoms with van der Waals surface area (Å²) in [7, 11) is 0. The second kappa shape index (κ2) is 4.52. The molecule has 0 saturated carbocycles. The number of fused-ring (bicyclic) bond motifs is 2. The molecule has 3 heterocycles. The lowest BCUT2D eigenvalue weighted by atomic mass is 10.1. The van der Waals surface area contributed by atoms with Crippen LogP contribution in [0.15, 0.2) is 24.4 Å². The number of hydrogen-bond donors (Lipinski definition) is 1. The molecule has 1 aromatic heterocycles. The summed E-state index contributed by atoms with van der Waals surface area (Å²) < 4.78 is 10.9. The fraction of sp³-hybridized carbons (Fsp3) is 0.400. The van der Waals surface area contributed by atoms with Crippen molar-refractivity contribution in [1.29, 1.82) is 0 Å². The molecule has 1 fully saturated rings. The first kappa shape index (κ1) is 11.8. The summed E-state index contributed by atoms with van der Waals surface area (Å²) in [6.45, 7) is 2.16. The van der Waals surface area contributed by atoms with Crippen molar-refractivity contribution in [2.45, 2.75) is 18.9 Å². The first-order chi connectivity index (χ1) is 9.81. The standard InChI is InChI=1S/C15H17N3O2/c16-11-2-1-5-18(8-11)15-12-7-14-13(19-9-20-14)6-10(12)3-4-17-15/h3-4,6-7,11H,1-2,5,8-9,16H2/t11-/m1/s1. The third kappa shape index (κ3) is 1.86. The molecule has 0 amide bonds. The number of nitrogens with zero attached hydrogens (tertiary/aromatic N) is 2. The molecular weight excluding hydrogens is 254 g/mol. The van der Waals surface area contributed by atoms with Crippen LogP contribution in [0.1, 0.15) is 12.8 Å². The molecule has 0 spiro atoms. The van der Waals surface area contributed by atoms with E-state index in [1.807, 2.05) is 24.4 Å². The maximum Gasteiger partial charge on any atom is 0.231 e. The highest BCUT2D eigenvalue weighted by Crippen LogP contribution is 2.38. The molecule has 0 aliphatic carbocycles. The van der Waals surface area contributed by atoms with Gasteiger partial charge in [0.2, 0.25) is 6.79 Å². The molecule has 104 valence electrons. The van der Waals surface area contributed by atoms with Crippen LogP contribution in [0, 0.1) is 0 Å². The number of pyridine rings is 1. The second-order valence-corrected chi connectivity index (χ2v) is 5.41. The van der Waals surface area contributed by atoms with E-state index in [1.165, 1.54) is 0 Å². The fourth-order valence-electron chi connectivity index (χ4n) is 3.00. The van der Waals surface area contributed by atoms with Crippen molar-refractivity contribution < 1.29 is 9.47 Å². The van der Waals surface area contributed by atoms with Crippen molar-refractivity contribution >= 4 is 16.6 Å². The van der Waals surface area contributed by atoms with Gasteiger partial charge < -0.3 is 20.1 Å². The van der Waals surface area contributed by atoms with Gasteiger partial charge >= 0.3 is 0 Å². The van der Waals surface area contributed by atoms with Gasteiger partial charge in [-0.1, -0.05) is 0 Å². The highest BCUT2D eigenvalue weighted by molar-refractivity contribution is 5.94. The molecule has 1 atom stereocenters. The van der Waals surface area contributed by atoms with Crippen LogP contribution >= 0.6 is 0 Å². The summed E-state index contributed by atoms with van der Waals surface area (Å²) in [6.07, 6.45) is 4.05. The van der Waals surface area contributed by atoms with E-state index in [2.05, 4.69) is 9.88 Å². The number of nitrogens with two attached hydrogens (primary N) is 1. The number of ether oxygens (including phenoxy) is 2. The predicted octanol–water partition coefficient (Wildman–Crippen LogP) is 1.89. The molecular formula is C15H17N3O2. The van der Waals surface area contributed by atoms with Gasteiger partial charge in [0.25, 0.3) is 0 Å². The van der Waals surface area contributed by atoms with Crippen molar-refractivity contribution in [2.75, 3.05) is 24.8 Å². The summed E-state index contributed by atoms with van der Waals surface area (Å²) in [5, 5.41) is 2.23. The number of aromatic nitrogens is 1. The Labute approximate surface area is 117 Å². The van der Waals surface area contributed by atoms with Gasteiger partial charge in [-0.05, 0) is 36.4 Å². The van der Waals surface area contributed by atoms with Crippen LogP contribution in [-0.2, 0) is 0 Å². The molecule has 4 rings (SSSR count).